The van der Waals surface area contributed by atoms with Gasteiger partial charge in [-0.2, -0.15) is 0 Å². The van der Waals surface area contributed by atoms with E-state index in [-0.39, 0.29) is 49.6 Å². The van der Waals surface area contributed by atoms with Crippen molar-refractivity contribution >= 4 is 57.0 Å². The van der Waals surface area contributed by atoms with Crippen molar-refractivity contribution in [2.24, 2.45) is 14.1 Å². The summed E-state index contributed by atoms with van der Waals surface area (Å²) in [6, 6.07) is 30.7. The number of benzene rings is 5. The molecular formula is C53H41N9O6. The monoisotopic (exact) mass is 899 g/mol. The molecule has 0 spiro atoms. The fourth-order valence-electron chi connectivity index (χ4n) is 10.4. The van der Waals surface area contributed by atoms with Gasteiger partial charge < -0.3 is 18.9 Å². The van der Waals surface area contributed by atoms with Gasteiger partial charge in [0.1, 0.15) is 23.7 Å². The lowest BCUT2D eigenvalue weighted by Crippen LogP contribution is -2.52. The third-order valence-electron chi connectivity index (χ3n) is 13.8. The Hall–Kier alpha value is -8.59. The molecule has 334 valence electrons. The lowest BCUT2D eigenvalue weighted by atomic mass is 9.95. The van der Waals surface area contributed by atoms with Crippen LogP contribution in [0.2, 0.25) is 0 Å². The molecule has 68 heavy (non-hydrogen) atoms. The van der Waals surface area contributed by atoms with Crippen molar-refractivity contribution in [2.45, 2.75) is 50.9 Å². The van der Waals surface area contributed by atoms with E-state index in [1.807, 2.05) is 84.3 Å². The third-order valence-corrected chi connectivity index (χ3v) is 13.8. The average Bonchev–Trinajstić information content (AvgIpc) is 4.10. The highest BCUT2D eigenvalue weighted by atomic mass is 16.2. The molecule has 15 heteroatoms. The van der Waals surface area contributed by atoms with E-state index in [9.17, 15) is 28.8 Å². The van der Waals surface area contributed by atoms with Crippen molar-refractivity contribution in [1.29, 1.82) is 0 Å². The average molecular weight is 900 g/mol. The molecule has 0 saturated carbocycles. The second-order valence-corrected chi connectivity index (χ2v) is 18.0. The molecule has 2 unspecified atom stereocenters. The van der Waals surface area contributed by atoms with Gasteiger partial charge in [0.2, 0.25) is 23.6 Å². The third kappa shape index (κ3) is 6.60. The Bertz CT molecular complexity index is 3570. The molecule has 2 saturated heterocycles. The van der Waals surface area contributed by atoms with E-state index < -0.39 is 23.9 Å². The number of fused-ring (bicyclic) bond motifs is 4. The number of imidazole rings is 2. The molecule has 15 nitrogen and oxygen atoms in total. The molecule has 0 radical (unpaired) electrons. The molecule has 3 aromatic heterocycles. The molecule has 7 heterocycles. The summed E-state index contributed by atoms with van der Waals surface area (Å²) in [6.45, 7) is 0.566. The number of imide groups is 2. The fraction of sp³-hybridized carbons (Fsp3) is 0.189. The van der Waals surface area contributed by atoms with Crippen molar-refractivity contribution in [3.8, 4) is 56.5 Å². The molecule has 6 amide bonds. The summed E-state index contributed by atoms with van der Waals surface area (Å²) in [6.07, 6.45) is 6.84. The Morgan fingerprint density at radius 1 is 0.529 bits per heavy atom. The molecule has 5 aromatic carbocycles. The number of nitrogens with zero attached hydrogens (tertiary/aromatic N) is 7. The number of hydrogen-bond donors (Lipinski definition) is 2. The number of aromatic nitrogens is 5. The Morgan fingerprint density at radius 3 is 1.69 bits per heavy atom. The van der Waals surface area contributed by atoms with Gasteiger partial charge in [0, 0.05) is 103 Å². The van der Waals surface area contributed by atoms with Crippen LogP contribution in [0, 0.1) is 0 Å². The van der Waals surface area contributed by atoms with Crippen molar-refractivity contribution in [3.63, 3.8) is 0 Å². The number of aryl methyl sites for hydroxylation is 2. The zero-order valence-corrected chi connectivity index (χ0v) is 36.9. The summed E-state index contributed by atoms with van der Waals surface area (Å²) in [4.78, 5) is 93.8. The molecule has 8 aromatic rings. The second kappa shape index (κ2) is 15.5. The van der Waals surface area contributed by atoms with Gasteiger partial charge >= 0.3 is 0 Å². The van der Waals surface area contributed by atoms with Gasteiger partial charge in [0.25, 0.3) is 11.8 Å². The first-order chi connectivity index (χ1) is 33.0. The van der Waals surface area contributed by atoms with Gasteiger partial charge in [-0.15, -0.1) is 0 Å². The topological polar surface area (TPSA) is 181 Å². The molecule has 2 fully saturated rings. The molecular weight excluding hydrogens is 859 g/mol. The van der Waals surface area contributed by atoms with Crippen molar-refractivity contribution < 1.29 is 28.8 Å². The number of nitrogens with one attached hydrogen (secondary N) is 2. The van der Waals surface area contributed by atoms with Gasteiger partial charge in [-0.05, 0) is 70.5 Å². The van der Waals surface area contributed by atoms with Crippen LogP contribution in [-0.4, -0.2) is 81.4 Å². The Morgan fingerprint density at radius 2 is 1.09 bits per heavy atom. The predicted molar refractivity (Wildman–Crippen MR) is 252 cm³/mol. The van der Waals surface area contributed by atoms with Gasteiger partial charge in [-0.1, -0.05) is 66.7 Å². The highest BCUT2D eigenvalue weighted by Crippen LogP contribution is 2.39. The zero-order chi connectivity index (χ0) is 46.5. The molecule has 2 atom stereocenters. The van der Waals surface area contributed by atoms with Crippen LogP contribution in [-0.2, 0) is 46.4 Å². The molecule has 0 bridgehead atoms. The summed E-state index contributed by atoms with van der Waals surface area (Å²) >= 11 is 0. The Kier molecular flexibility index (Phi) is 9.33. The van der Waals surface area contributed by atoms with Crippen LogP contribution in [0.1, 0.15) is 57.5 Å². The molecule has 0 aliphatic carbocycles. The van der Waals surface area contributed by atoms with E-state index in [1.54, 1.807) is 21.9 Å². The number of amides is 6. The number of hydrogen-bond acceptors (Lipinski definition) is 9. The molecule has 4 aliphatic heterocycles. The van der Waals surface area contributed by atoms with Crippen LogP contribution in [0.4, 0.5) is 0 Å². The minimum Gasteiger partial charge on any atom is -0.333 e. The van der Waals surface area contributed by atoms with Crippen LogP contribution in [0.3, 0.4) is 0 Å². The SMILES string of the molecule is Cn1cc(-c2ccc3c(c2)CN(C2CCC(=O)NC2=O)C3=O)nc1-c1ccc2c(-c3ncc(-c4nc(-c5ccc6c(c5)CN(C5CCC(=O)NC5=O)C6=O)cn4C)c4ccccc34)cccc2c1. The van der Waals surface area contributed by atoms with E-state index >= 15 is 0 Å². The summed E-state index contributed by atoms with van der Waals surface area (Å²) in [5, 5.41) is 8.75. The minimum atomic E-state index is -0.683. The summed E-state index contributed by atoms with van der Waals surface area (Å²) in [5.41, 5.74) is 9.54. The number of rotatable bonds is 7. The van der Waals surface area contributed by atoms with E-state index in [1.165, 1.54) is 0 Å². The van der Waals surface area contributed by atoms with E-state index in [0.717, 1.165) is 89.2 Å². The lowest BCUT2D eigenvalue weighted by molar-refractivity contribution is -0.138. The van der Waals surface area contributed by atoms with Crippen LogP contribution >= 0.6 is 0 Å². The largest absolute Gasteiger partial charge is 0.333 e. The predicted octanol–water partition coefficient (Wildman–Crippen LogP) is 6.71. The Labute approximate surface area is 388 Å². The highest BCUT2D eigenvalue weighted by molar-refractivity contribution is 6.09. The van der Waals surface area contributed by atoms with E-state index in [4.69, 9.17) is 15.0 Å². The van der Waals surface area contributed by atoms with Crippen molar-refractivity contribution in [1.82, 2.24) is 44.5 Å². The first-order valence-corrected chi connectivity index (χ1v) is 22.5. The second-order valence-electron chi connectivity index (χ2n) is 18.0. The quantitative estimate of drug-likeness (QED) is 0.164. The number of carbonyl (C=O) groups is 6. The maximum Gasteiger partial charge on any atom is 0.255 e. The van der Waals surface area contributed by atoms with Crippen molar-refractivity contribution in [2.75, 3.05) is 0 Å². The number of carbonyl (C=O) groups excluding carboxylic acids is 6. The summed E-state index contributed by atoms with van der Waals surface area (Å²) in [7, 11) is 3.92. The van der Waals surface area contributed by atoms with Crippen molar-refractivity contribution in [3.05, 3.63) is 138 Å². The zero-order valence-electron chi connectivity index (χ0n) is 36.9. The van der Waals surface area contributed by atoms with Crippen LogP contribution in [0.15, 0.2) is 116 Å². The number of piperidine rings is 2. The van der Waals surface area contributed by atoms with E-state index in [0.29, 0.717) is 24.0 Å². The smallest absolute Gasteiger partial charge is 0.255 e. The molecule has 4 aliphatic rings. The molecule has 2 N–H and O–H groups in total. The first kappa shape index (κ1) is 40.9. The van der Waals surface area contributed by atoms with Gasteiger partial charge in [0.05, 0.1) is 17.1 Å². The summed E-state index contributed by atoms with van der Waals surface area (Å²) in [5.74, 6) is -0.421. The Balaban J connectivity index is 0.821. The van der Waals surface area contributed by atoms with E-state index in [2.05, 4.69) is 53.1 Å². The number of pyridine rings is 1. The first-order valence-electron chi connectivity index (χ1n) is 22.5. The minimum absolute atomic E-state index is 0.199. The van der Waals surface area contributed by atoms with Crippen LogP contribution in [0.25, 0.3) is 78.1 Å². The lowest BCUT2D eigenvalue weighted by Gasteiger charge is -2.29. The summed E-state index contributed by atoms with van der Waals surface area (Å²) < 4.78 is 3.98. The standard InChI is InChI=1S/C53H41N9O6/c1-59-26-41(29-10-14-35-32(21-29)24-61(52(35)67)43-16-18-45(63)57-50(43)65)55-48(59)31-12-13-34-28(20-31)6-5-9-38(34)47-39-8-4-3-7-37(39)40(23-54-47)49-56-42(27-60(49)2)30-11-15-36-33(22-30)25-62(53(36)68)44-17-19-46(64)58-51(44)66/h3-15,20-23,26-27,43-44H,16-19,24-25H2,1-2H3,(H,57,63,65)(H,58,64,66). The maximum atomic E-state index is 13.4. The maximum absolute atomic E-state index is 13.4. The van der Waals surface area contributed by atoms with Gasteiger partial charge in [0.15, 0.2) is 0 Å². The molecule has 12 rings (SSSR count). The van der Waals surface area contributed by atoms with Gasteiger partial charge in [-0.25, -0.2) is 9.97 Å². The fourth-order valence-corrected chi connectivity index (χ4v) is 10.4. The van der Waals surface area contributed by atoms with Crippen LogP contribution < -0.4 is 10.6 Å². The normalized spacial score (nSPS) is 18.1. The highest BCUT2D eigenvalue weighted by Gasteiger charge is 2.40. The van der Waals surface area contributed by atoms with Gasteiger partial charge in [-0.3, -0.25) is 44.4 Å². The van der Waals surface area contributed by atoms with Crippen LogP contribution in [0.5, 0.6) is 0 Å².